The second kappa shape index (κ2) is 7.24. The van der Waals surface area contributed by atoms with Crippen LogP contribution < -0.4 is 0 Å². The van der Waals surface area contributed by atoms with Gasteiger partial charge in [-0.25, -0.2) is 0 Å². The van der Waals surface area contributed by atoms with Crippen molar-refractivity contribution in [2.45, 2.75) is 58.0 Å². The van der Waals surface area contributed by atoms with Gasteiger partial charge in [0.2, 0.25) is 0 Å². The first kappa shape index (κ1) is 16.3. The third-order valence-electron chi connectivity index (χ3n) is 4.71. The molecule has 1 N–H and O–H groups in total. The molecule has 1 unspecified atom stereocenters. The SMILES string of the molecule is CCc1ccc(CC(O)C(CC)(CC)c2ccccc2)s1. The van der Waals surface area contributed by atoms with Crippen LogP contribution in [0.4, 0.5) is 0 Å². The molecule has 0 aliphatic rings. The van der Waals surface area contributed by atoms with E-state index in [4.69, 9.17) is 0 Å². The molecule has 0 aliphatic heterocycles. The van der Waals surface area contributed by atoms with Crippen LogP contribution in [-0.4, -0.2) is 11.2 Å². The summed E-state index contributed by atoms with van der Waals surface area (Å²) in [5.74, 6) is 0. The van der Waals surface area contributed by atoms with Crippen LogP contribution in [-0.2, 0) is 18.3 Å². The third-order valence-corrected chi connectivity index (χ3v) is 5.96. The maximum Gasteiger partial charge on any atom is 0.0684 e. The van der Waals surface area contributed by atoms with Crippen molar-refractivity contribution in [2.75, 3.05) is 0 Å². The Bertz CT molecular complexity index is 540. The number of hydrogen-bond donors (Lipinski definition) is 1. The number of aryl methyl sites for hydroxylation is 1. The maximum atomic E-state index is 11.0. The number of benzene rings is 1. The van der Waals surface area contributed by atoms with Crippen LogP contribution >= 0.6 is 11.3 Å². The summed E-state index contributed by atoms with van der Waals surface area (Å²) < 4.78 is 0. The summed E-state index contributed by atoms with van der Waals surface area (Å²) in [5, 5.41) is 11.0. The second-order valence-electron chi connectivity index (χ2n) is 5.67. The van der Waals surface area contributed by atoms with E-state index in [1.807, 2.05) is 17.4 Å². The molecule has 114 valence electrons. The first-order valence-electron chi connectivity index (χ1n) is 7.97. The summed E-state index contributed by atoms with van der Waals surface area (Å²) in [6.45, 7) is 6.55. The van der Waals surface area contributed by atoms with Crippen molar-refractivity contribution in [1.82, 2.24) is 0 Å². The van der Waals surface area contributed by atoms with Crippen LogP contribution in [0.3, 0.4) is 0 Å². The zero-order chi connectivity index (χ0) is 15.3. The Labute approximate surface area is 132 Å². The Morgan fingerprint density at radius 3 is 2.10 bits per heavy atom. The molecule has 21 heavy (non-hydrogen) atoms. The highest BCUT2D eigenvalue weighted by atomic mass is 32.1. The highest BCUT2D eigenvalue weighted by Crippen LogP contribution is 2.37. The molecular weight excluding hydrogens is 276 g/mol. The quantitative estimate of drug-likeness (QED) is 0.765. The molecule has 0 saturated heterocycles. The van der Waals surface area contributed by atoms with Crippen molar-refractivity contribution in [3.8, 4) is 0 Å². The van der Waals surface area contributed by atoms with Crippen LogP contribution in [0.5, 0.6) is 0 Å². The van der Waals surface area contributed by atoms with Crippen molar-refractivity contribution in [1.29, 1.82) is 0 Å². The molecule has 1 aromatic heterocycles. The van der Waals surface area contributed by atoms with Crippen LogP contribution in [0.15, 0.2) is 42.5 Å². The predicted octanol–water partition coefficient (Wildman–Crippen LogP) is 4.97. The number of aliphatic hydroxyl groups excluding tert-OH is 1. The molecule has 1 atom stereocenters. The predicted molar refractivity (Wildman–Crippen MR) is 92.1 cm³/mol. The summed E-state index contributed by atoms with van der Waals surface area (Å²) in [6.07, 6.45) is 3.41. The van der Waals surface area contributed by atoms with E-state index in [1.165, 1.54) is 15.3 Å². The molecule has 0 spiro atoms. The number of hydrogen-bond acceptors (Lipinski definition) is 2. The molecular formula is C19H26OS. The molecule has 0 bridgehead atoms. The standard InChI is InChI=1S/C19H26OS/c1-4-16-12-13-17(21-16)14-18(20)19(5-2,6-3)15-10-8-7-9-11-15/h7-13,18,20H,4-6,14H2,1-3H3. The Morgan fingerprint density at radius 1 is 0.952 bits per heavy atom. The fourth-order valence-electron chi connectivity index (χ4n) is 3.20. The van der Waals surface area contributed by atoms with Crippen molar-refractivity contribution in [2.24, 2.45) is 0 Å². The van der Waals surface area contributed by atoms with E-state index in [0.717, 1.165) is 25.7 Å². The summed E-state index contributed by atoms with van der Waals surface area (Å²) in [6, 6.07) is 14.9. The van der Waals surface area contributed by atoms with Gasteiger partial charge in [-0.15, -0.1) is 11.3 Å². The van der Waals surface area contributed by atoms with Crippen molar-refractivity contribution in [3.63, 3.8) is 0 Å². The van der Waals surface area contributed by atoms with Gasteiger partial charge in [-0.1, -0.05) is 51.1 Å². The summed E-state index contributed by atoms with van der Waals surface area (Å²) in [5.41, 5.74) is 1.12. The Kier molecular flexibility index (Phi) is 5.60. The van der Waals surface area contributed by atoms with Gasteiger partial charge >= 0.3 is 0 Å². The van der Waals surface area contributed by atoms with Gasteiger partial charge < -0.3 is 5.11 Å². The lowest BCUT2D eigenvalue weighted by atomic mass is 9.70. The average Bonchev–Trinajstić information content (AvgIpc) is 2.98. The van der Waals surface area contributed by atoms with Crippen molar-refractivity contribution in [3.05, 3.63) is 57.8 Å². The zero-order valence-corrected chi connectivity index (χ0v) is 14.1. The van der Waals surface area contributed by atoms with E-state index in [1.54, 1.807) is 0 Å². The van der Waals surface area contributed by atoms with Crippen molar-refractivity contribution >= 4 is 11.3 Å². The molecule has 1 aromatic carbocycles. The van der Waals surface area contributed by atoms with E-state index in [9.17, 15) is 5.11 Å². The Balaban J connectivity index is 2.25. The fourth-order valence-corrected chi connectivity index (χ4v) is 4.19. The van der Waals surface area contributed by atoms with E-state index in [-0.39, 0.29) is 11.5 Å². The van der Waals surface area contributed by atoms with E-state index < -0.39 is 0 Å². The lowest BCUT2D eigenvalue weighted by molar-refractivity contribution is 0.0740. The van der Waals surface area contributed by atoms with Gasteiger partial charge in [-0.3, -0.25) is 0 Å². The second-order valence-corrected chi connectivity index (χ2v) is 6.92. The minimum absolute atomic E-state index is 0.141. The maximum absolute atomic E-state index is 11.0. The third kappa shape index (κ3) is 3.38. The molecule has 0 radical (unpaired) electrons. The van der Waals surface area contributed by atoms with Gasteiger partial charge in [-0.2, -0.15) is 0 Å². The van der Waals surface area contributed by atoms with Crippen LogP contribution in [0, 0.1) is 0 Å². The van der Waals surface area contributed by atoms with Gasteiger partial charge in [0.1, 0.15) is 0 Å². The number of thiophene rings is 1. The number of aliphatic hydroxyl groups is 1. The van der Waals surface area contributed by atoms with Crippen molar-refractivity contribution < 1.29 is 5.11 Å². The lowest BCUT2D eigenvalue weighted by Crippen LogP contribution is -2.39. The molecule has 1 nitrogen and oxygen atoms in total. The molecule has 2 aromatic rings. The highest BCUT2D eigenvalue weighted by Gasteiger charge is 2.36. The summed E-state index contributed by atoms with van der Waals surface area (Å²) >= 11 is 1.83. The topological polar surface area (TPSA) is 20.2 Å². The van der Waals surface area contributed by atoms with Crippen LogP contribution in [0.25, 0.3) is 0 Å². The van der Waals surface area contributed by atoms with Gasteiger partial charge in [0.25, 0.3) is 0 Å². The lowest BCUT2D eigenvalue weighted by Gasteiger charge is -2.37. The van der Waals surface area contributed by atoms with E-state index >= 15 is 0 Å². The van der Waals surface area contributed by atoms with Crippen LogP contribution in [0.2, 0.25) is 0 Å². The van der Waals surface area contributed by atoms with E-state index in [2.05, 4.69) is 57.2 Å². The van der Waals surface area contributed by atoms with Crippen LogP contribution in [0.1, 0.15) is 48.9 Å². The van der Waals surface area contributed by atoms with Gasteiger partial charge in [0.05, 0.1) is 6.10 Å². The fraction of sp³-hybridized carbons (Fsp3) is 0.474. The summed E-state index contributed by atoms with van der Waals surface area (Å²) in [4.78, 5) is 2.69. The molecule has 2 heteroatoms. The van der Waals surface area contributed by atoms with E-state index in [0.29, 0.717) is 0 Å². The molecule has 0 amide bonds. The van der Waals surface area contributed by atoms with Gasteiger partial charge in [0.15, 0.2) is 0 Å². The first-order chi connectivity index (χ1) is 10.2. The minimum atomic E-state index is -0.335. The van der Waals surface area contributed by atoms with Gasteiger partial charge in [-0.05, 0) is 37.0 Å². The molecule has 2 rings (SSSR count). The largest absolute Gasteiger partial charge is 0.392 e. The molecule has 0 aliphatic carbocycles. The smallest absolute Gasteiger partial charge is 0.0684 e. The highest BCUT2D eigenvalue weighted by molar-refractivity contribution is 7.11. The monoisotopic (exact) mass is 302 g/mol. The minimum Gasteiger partial charge on any atom is -0.392 e. The Morgan fingerprint density at radius 2 is 1.57 bits per heavy atom. The molecule has 0 saturated carbocycles. The first-order valence-corrected chi connectivity index (χ1v) is 8.79. The zero-order valence-electron chi connectivity index (χ0n) is 13.3. The molecule has 1 heterocycles. The Hall–Kier alpha value is -1.12. The average molecular weight is 302 g/mol. The molecule has 0 fully saturated rings. The van der Waals surface area contributed by atoms with Gasteiger partial charge in [0, 0.05) is 21.6 Å². The summed E-state index contributed by atoms with van der Waals surface area (Å²) in [7, 11) is 0. The normalized spacial score (nSPS) is 13.3. The number of rotatable bonds is 7.